The largest absolute Gasteiger partial charge is 0.478 e. The normalized spacial score (nSPS) is 10.3. The molecular weight excluding hydrogens is 286 g/mol. The summed E-state index contributed by atoms with van der Waals surface area (Å²) in [5.74, 6) is -0.966. The Morgan fingerprint density at radius 1 is 1.19 bits per heavy atom. The van der Waals surface area contributed by atoms with Crippen LogP contribution in [0.4, 0.5) is 0 Å². The van der Waals surface area contributed by atoms with E-state index in [1.54, 1.807) is 29.5 Å². The molecule has 5 heteroatoms. The van der Waals surface area contributed by atoms with E-state index >= 15 is 0 Å². The molecule has 0 aliphatic rings. The number of carbonyl (C=O) groups is 2. The van der Waals surface area contributed by atoms with E-state index < -0.39 is 5.97 Å². The van der Waals surface area contributed by atoms with Gasteiger partial charge in [0.1, 0.15) is 0 Å². The Morgan fingerprint density at radius 3 is 2.76 bits per heavy atom. The molecule has 2 N–H and O–H groups in total. The van der Waals surface area contributed by atoms with Gasteiger partial charge in [0.25, 0.3) is 0 Å². The lowest BCUT2D eigenvalue weighted by molar-refractivity contribution is -0.121. The van der Waals surface area contributed by atoms with Crippen molar-refractivity contribution in [1.29, 1.82) is 0 Å². The molecule has 0 fully saturated rings. The van der Waals surface area contributed by atoms with E-state index in [-0.39, 0.29) is 11.5 Å². The van der Waals surface area contributed by atoms with Gasteiger partial charge in [0.15, 0.2) is 0 Å². The van der Waals surface area contributed by atoms with Gasteiger partial charge in [-0.1, -0.05) is 18.2 Å². The summed E-state index contributed by atoms with van der Waals surface area (Å²) in [7, 11) is 0. The number of hydrogen-bond acceptors (Lipinski definition) is 3. The first kappa shape index (κ1) is 15.3. The highest BCUT2D eigenvalue weighted by Gasteiger charge is 2.05. The third-order valence-electron chi connectivity index (χ3n) is 3.07. The predicted molar refractivity (Wildman–Crippen MR) is 82.5 cm³/mol. The lowest BCUT2D eigenvalue weighted by Crippen LogP contribution is -2.22. The number of thiophene rings is 1. The summed E-state index contributed by atoms with van der Waals surface area (Å²) in [6, 6.07) is 10.7. The zero-order valence-electron chi connectivity index (χ0n) is 11.5. The average molecular weight is 303 g/mol. The van der Waals surface area contributed by atoms with Crippen LogP contribution >= 0.6 is 11.3 Å². The van der Waals surface area contributed by atoms with Gasteiger partial charge < -0.3 is 10.4 Å². The molecule has 4 nitrogen and oxygen atoms in total. The highest BCUT2D eigenvalue weighted by molar-refractivity contribution is 7.09. The summed E-state index contributed by atoms with van der Waals surface area (Å²) >= 11 is 1.70. The molecule has 0 bridgehead atoms. The highest BCUT2D eigenvalue weighted by atomic mass is 32.1. The van der Waals surface area contributed by atoms with Gasteiger partial charge in [-0.3, -0.25) is 4.79 Å². The third kappa shape index (κ3) is 5.04. The van der Waals surface area contributed by atoms with Gasteiger partial charge in [-0.25, -0.2) is 4.79 Å². The van der Waals surface area contributed by atoms with Crippen LogP contribution in [-0.2, 0) is 17.8 Å². The predicted octanol–water partition coefficient (Wildman–Crippen LogP) is 3.09. The fourth-order valence-electron chi connectivity index (χ4n) is 1.98. The zero-order chi connectivity index (χ0) is 15.1. The zero-order valence-corrected chi connectivity index (χ0v) is 12.4. The number of carboxylic acid groups (broad SMARTS) is 1. The van der Waals surface area contributed by atoms with Crippen LogP contribution in [-0.4, -0.2) is 17.0 Å². The van der Waals surface area contributed by atoms with Crippen molar-refractivity contribution in [2.45, 2.75) is 25.8 Å². The Kier molecular flexibility index (Phi) is 5.51. The van der Waals surface area contributed by atoms with Crippen LogP contribution < -0.4 is 5.32 Å². The van der Waals surface area contributed by atoms with Gasteiger partial charge in [0.2, 0.25) is 5.91 Å². The average Bonchev–Trinajstić information content (AvgIpc) is 2.99. The van der Waals surface area contributed by atoms with Crippen LogP contribution in [0.5, 0.6) is 0 Å². The van der Waals surface area contributed by atoms with Gasteiger partial charge in [-0.15, -0.1) is 11.3 Å². The second kappa shape index (κ2) is 7.59. The second-order valence-electron chi connectivity index (χ2n) is 4.72. The number of aromatic carboxylic acids is 1. The van der Waals surface area contributed by atoms with E-state index in [4.69, 9.17) is 5.11 Å². The minimum absolute atomic E-state index is 0.00714. The van der Waals surface area contributed by atoms with E-state index in [2.05, 4.69) is 11.4 Å². The molecule has 0 aliphatic carbocycles. The molecule has 110 valence electrons. The summed E-state index contributed by atoms with van der Waals surface area (Å²) in [5.41, 5.74) is 1.03. The van der Waals surface area contributed by atoms with Crippen LogP contribution in [0, 0.1) is 0 Å². The van der Waals surface area contributed by atoms with Crippen LogP contribution in [0.3, 0.4) is 0 Å². The Bertz CT molecular complexity index is 608. The summed E-state index contributed by atoms with van der Waals surface area (Å²) < 4.78 is 0. The van der Waals surface area contributed by atoms with Gasteiger partial charge in [0, 0.05) is 17.8 Å². The molecule has 0 radical (unpaired) electrons. The van der Waals surface area contributed by atoms with Crippen molar-refractivity contribution in [2.24, 2.45) is 0 Å². The molecule has 0 unspecified atom stereocenters. The molecule has 1 aromatic heterocycles. The highest BCUT2D eigenvalue weighted by Crippen LogP contribution is 2.12. The van der Waals surface area contributed by atoms with Crippen molar-refractivity contribution >= 4 is 23.2 Å². The number of aryl methyl sites for hydroxylation is 1. The maximum atomic E-state index is 11.7. The number of nitrogens with one attached hydrogen (secondary N) is 1. The Morgan fingerprint density at radius 2 is 2.05 bits per heavy atom. The molecule has 2 aromatic rings. The molecule has 2 rings (SSSR count). The van der Waals surface area contributed by atoms with Gasteiger partial charge in [-0.05, 0) is 42.0 Å². The van der Waals surface area contributed by atoms with Crippen molar-refractivity contribution < 1.29 is 14.7 Å². The number of carbonyl (C=O) groups excluding carboxylic acids is 1. The fraction of sp³-hybridized carbons (Fsp3) is 0.250. The van der Waals surface area contributed by atoms with Crippen molar-refractivity contribution in [3.8, 4) is 0 Å². The molecule has 0 atom stereocenters. The van der Waals surface area contributed by atoms with Crippen molar-refractivity contribution in [1.82, 2.24) is 5.32 Å². The maximum absolute atomic E-state index is 11.7. The summed E-state index contributed by atoms with van der Waals surface area (Å²) in [4.78, 5) is 23.9. The van der Waals surface area contributed by atoms with E-state index in [0.29, 0.717) is 13.0 Å². The molecule has 0 saturated heterocycles. The summed E-state index contributed by atoms with van der Waals surface area (Å²) in [6.07, 6.45) is 2.22. The molecule has 21 heavy (non-hydrogen) atoms. The minimum Gasteiger partial charge on any atom is -0.478 e. The van der Waals surface area contributed by atoms with Crippen molar-refractivity contribution in [3.05, 3.63) is 57.8 Å². The van der Waals surface area contributed by atoms with Gasteiger partial charge in [0.05, 0.1) is 5.56 Å². The van der Waals surface area contributed by atoms with E-state index in [9.17, 15) is 9.59 Å². The van der Waals surface area contributed by atoms with Crippen LogP contribution in [0.2, 0.25) is 0 Å². The topological polar surface area (TPSA) is 66.4 Å². The fourth-order valence-corrected chi connectivity index (χ4v) is 2.73. The standard InChI is InChI=1S/C16H17NO3S/c18-15(8-2-6-14-7-3-9-21-14)17-11-12-4-1-5-13(10-12)16(19)20/h1,3-5,7,9-10H,2,6,8,11H2,(H,17,18)(H,19,20). The molecule has 0 saturated carbocycles. The Hall–Kier alpha value is -2.14. The van der Waals surface area contributed by atoms with E-state index in [1.165, 1.54) is 10.9 Å². The van der Waals surface area contributed by atoms with Crippen LogP contribution in [0.15, 0.2) is 41.8 Å². The molecule has 0 spiro atoms. The first-order chi connectivity index (χ1) is 10.1. The van der Waals surface area contributed by atoms with Crippen molar-refractivity contribution in [3.63, 3.8) is 0 Å². The molecule has 0 aliphatic heterocycles. The maximum Gasteiger partial charge on any atom is 0.335 e. The lowest BCUT2D eigenvalue weighted by atomic mass is 10.1. The monoisotopic (exact) mass is 303 g/mol. The van der Waals surface area contributed by atoms with E-state index in [1.807, 2.05) is 11.4 Å². The smallest absolute Gasteiger partial charge is 0.335 e. The number of amides is 1. The number of benzene rings is 1. The number of carboxylic acids is 1. The minimum atomic E-state index is -0.959. The number of hydrogen-bond donors (Lipinski definition) is 2. The van der Waals surface area contributed by atoms with Crippen molar-refractivity contribution in [2.75, 3.05) is 0 Å². The van der Waals surface area contributed by atoms with E-state index in [0.717, 1.165) is 18.4 Å². The Labute approximate surface area is 127 Å². The SMILES string of the molecule is O=C(CCCc1cccs1)NCc1cccc(C(=O)O)c1. The summed E-state index contributed by atoms with van der Waals surface area (Å²) in [5, 5.41) is 13.8. The van der Waals surface area contributed by atoms with Crippen LogP contribution in [0.25, 0.3) is 0 Å². The molecular formula is C16H17NO3S. The molecule has 1 aromatic carbocycles. The van der Waals surface area contributed by atoms with Gasteiger partial charge in [-0.2, -0.15) is 0 Å². The first-order valence-corrected chi connectivity index (χ1v) is 7.64. The lowest BCUT2D eigenvalue weighted by Gasteiger charge is -2.06. The van der Waals surface area contributed by atoms with Crippen LogP contribution in [0.1, 0.15) is 33.6 Å². The second-order valence-corrected chi connectivity index (χ2v) is 5.75. The third-order valence-corrected chi connectivity index (χ3v) is 4.01. The molecule has 1 heterocycles. The number of rotatable bonds is 7. The summed E-state index contributed by atoms with van der Waals surface area (Å²) in [6.45, 7) is 0.360. The molecule has 1 amide bonds. The Balaban J connectivity index is 1.73. The quantitative estimate of drug-likeness (QED) is 0.826. The first-order valence-electron chi connectivity index (χ1n) is 6.76. The van der Waals surface area contributed by atoms with Gasteiger partial charge >= 0.3 is 5.97 Å².